The fourth-order valence-corrected chi connectivity index (χ4v) is 3.17. The SMILES string of the molecule is CCOC(=O)c1cc(-c2ccc(CCNC(=O)OC(C)(C)C)cc2)n(-c2ccc(OC)nc2)n1. The second-order valence-electron chi connectivity index (χ2n) is 8.48. The molecule has 0 spiro atoms. The zero-order valence-electron chi connectivity index (χ0n) is 20.1. The van der Waals surface area contributed by atoms with Crippen LogP contribution in [0.5, 0.6) is 5.88 Å². The van der Waals surface area contributed by atoms with Crippen LogP contribution in [0.2, 0.25) is 0 Å². The summed E-state index contributed by atoms with van der Waals surface area (Å²) in [5, 5.41) is 7.21. The maximum absolute atomic E-state index is 12.3. The number of hydrogen-bond donors (Lipinski definition) is 1. The molecule has 9 nitrogen and oxygen atoms in total. The minimum atomic E-state index is -0.531. The van der Waals surface area contributed by atoms with Gasteiger partial charge in [0.15, 0.2) is 5.69 Å². The normalized spacial score (nSPS) is 11.1. The summed E-state index contributed by atoms with van der Waals surface area (Å²) in [7, 11) is 1.55. The van der Waals surface area contributed by atoms with E-state index in [1.807, 2.05) is 51.1 Å². The minimum Gasteiger partial charge on any atom is -0.481 e. The van der Waals surface area contributed by atoms with Gasteiger partial charge in [0.1, 0.15) is 5.60 Å². The molecule has 0 aliphatic rings. The summed E-state index contributed by atoms with van der Waals surface area (Å²) < 4.78 is 17.2. The van der Waals surface area contributed by atoms with Gasteiger partial charge in [-0.2, -0.15) is 5.10 Å². The van der Waals surface area contributed by atoms with E-state index in [0.29, 0.717) is 30.2 Å². The number of amides is 1. The van der Waals surface area contributed by atoms with E-state index >= 15 is 0 Å². The number of methoxy groups -OCH3 is 1. The van der Waals surface area contributed by atoms with Gasteiger partial charge in [-0.25, -0.2) is 19.3 Å². The number of aromatic nitrogens is 3. The van der Waals surface area contributed by atoms with Crippen molar-refractivity contribution in [2.24, 2.45) is 0 Å². The molecule has 0 fully saturated rings. The summed E-state index contributed by atoms with van der Waals surface area (Å²) in [6.45, 7) is 7.94. The molecule has 1 aromatic carbocycles. The van der Waals surface area contributed by atoms with E-state index in [9.17, 15) is 9.59 Å². The van der Waals surface area contributed by atoms with Crippen molar-refractivity contribution in [2.75, 3.05) is 20.3 Å². The van der Waals surface area contributed by atoms with E-state index in [-0.39, 0.29) is 12.3 Å². The van der Waals surface area contributed by atoms with Gasteiger partial charge in [0.25, 0.3) is 0 Å². The molecule has 0 aliphatic heterocycles. The first kappa shape index (κ1) is 24.8. The fraction of sp³-hybridized carbons (Fsp3) is 0.360. The van der Waals surface area contributed by atoms with E-state index in [2.05, 4.69) is 15.4 Å². The van der Waals surface area contributed by atoms with Crippen LogP contribution in [0.3, 0.4) is 0 Å². The predicted octanol–water partition coefficient (Wildman–Crippen LogP) is 4.19. The highest BCUT2D eigenvalue weighted by Crippen LogP contribution is 2.25. The summed E-state index contributed by atoms with van der Waals surface area (Å²) >= 11 is 0. The van der Waals surface area contributed by atoms with E-state index in [1.165, 1.54) is 0 Å². The molecule has 34 heavy (non-hydrogen) atoms. The first-order valence-corrected chi connectivity index (χ1v) is 11.0. The molecular formula is C25H30N4O5. The number of hydrogen-bond acceptors (Lipinski definition) is 7. The van der Waals surface area contributed by atoms with E-state index in [1.54, 1.807) is 37.0 Å². The van der Waals surface area contributed by atoms with E-state index < -0.39 is 17.7 Å². The van der Waals surface area contributed by atoms with Crippen molar-refractivity contribution >= 4 is 12.1 Å². The second kappa shape index (κ2) is 10.8. The molecule has 1 amide bonds. The zero-order chi connectivity index (χ0) is 24.7. The Morgan fingerprint density at radius 2 is 1.82 bits per heavy atom. The number of nitrogens with zero attached hydrogens (tertiary/aromatic N) is 3. The van der Waals surface area contributed by atoms with Crippen LogP contribution in [0.25, 0.3) is 16.9 Å². The van der Waals surface area contributed by atoms with Crippen LogP contribution >= 0.6 is 0 Å². The first-order valence-electron chi connectivity index (χ1n) is 11.0. The summed E-state index contributed by atoms with van der Waals surface area (Å²) in [5.41, 5.74) is 2.98. The largest absolute Gasteiger partial charge is 0.481 e. The number of benzene rings is 1. The van der Waals surface area contributed by atoms with Crippen molar-refractivity contribution in [3.8, 4) is 22.8 Å². The fourth-order valence-electron chi connectivity index (χ4n) is 3.17. The average Bonchev–Trinajstić information content (AvgIpc) is 3.24. The Hall–Kier alpha value is -3.88. The number of carbonyl (C=O) groups excluding carboxylic acids is 2. The highest BCUT2D eigenvalue weighted by Gasteiger charge is 2.18. The lowest BCUT2D eigenvalue weighted by molar-refractivity contribution is 0.0512. The molecule has 0 unspecified atom stereocenters. The molecule has 0 saturated heterocycles. The third-order valence-corrected chi connectivity index (χ3v) is 4.70. The topological polar surface area (TPSA) is 105 Å². The minimum absolute atomic E-state index is 0.207. The van der Waals surface area contributed by atoms with E-state index in [4.69, 9.17) is 14.2 Å². The average molecular weight is 467 g/mol. The van der Waals surface area contributed by atoms with Crippen LogP contribution in [0.15, 0.2) is 48.7 Å². The third-order valence-electron chi connectivity index (χ3n) is 4.70. The Bertz CT molecular complexity index is 1120. The van der Waals surface area contributed by atoms with Crippen LogP contribution in [0, 0.1) is 0 Å². The highest BCUT2D eigenvalue weighted by molar-refractivity contribution is 5.89. The number of rotatable bonds is 8. The Kier molecular flexibility index (Phi) is 7.88. The molecule has 0 aliphatic carbocycles. The molecule has 0 radical (unpaired) electrons. The van der Waals surface area contributed by atoms with Gasteiger partial charge in [0.2, 0.25) is 5.88 Å². The summed E-state index contributed by atoms with van der Waals surface area (Å²) in [4.78, 5) is 28.4. The Labute approximate surface area is 199 Å². The van der Waals surface area contributed by atoms with Crippen molar-refractivity contribution in [3.63, 3.8) is 0 Å². The summed E-state index contributed by atoms with van der Waals surface area (Å²) in [6.07, 6.45) is 1.84. The molecule has 2 heterocycles. The van der Waals surface area contributed by atoms with Crippen LogP contribution in [0.1, 0.15) is 43.7 Å². The number of alkyl carbamates (subject to hydrolysis) is 1. The number of nitrogens with one attached hydrogen (secondary N) is 1. The molecule has 1 N–H and O–H groups in total. The van der Waals surface area contributed by atoms with Gasteiger partial charge < -0.3 is 19.5 Å². The molecule has 180 valence electrons. The third kappa shape index (κ3) is 6.57. The Morgan fingerprint density at radius 1 is 1.09 bits per heavy atom. The number of pyridine rings is 1. The summed E-state index contributed by atoms with van der Waals surface area (Å²) in [5.74, 6) is -0.0128. The predicted molar refractivity (Wildman–Crippen MR) is 127 cm³/mol. The molecule has 0 atom stereocenters. The van der Waals surface area contributed by atoms with Crippen LogP contribution in [-0.2, 0) is 15.9 Å². The molecule has 3 aromatic rings. The maximum Gasteiger partial charge on any atom is 0.407 e. The zero-order valence-corrected chi connectivity index (χ0v) is 20.1. The molecule has 3 rings (SSSR count). The Balaban J connectivity index is 1.79. The van der Waals surface area contributed by atoms with Crippen molar-refractivity contribution < 1.29 is 23.8 Å². The molecule has 0 saturated carbocycles. The van der Waals surface area contributed by atoms with Gasteiger partial charge in [-0.15, -0.1) is 0 Å². The second-order valence-corrected chi connectivity index (χ2v) is 8.48. The van der Waals surface area contributed by atoms with Crippen LogP contribution < -0.4 is 10.1 Å². The van der Waals surface area contributed by atoms with Crippen molar-refractivity contribution in [1.82, 2.24) is 20.1 Å². The molecular weight excluding hydrogens is 436 g/mol. The van der Waals surface area contributed by atoms with Gasteiger partial charge in [-0.3, -0.25) is 0 Å². The highest BCUT2D eigenvalue weighted by atomic mass is 16.6. The van der Waals surface area contributed by atoms with Gasteiger partial charge >= 0.3 is 12.1 Å². The van der Waals surface area contributed by atoms with E-state index in [0.717, 1.165) is 11.1 Å². The van der Waals surface area contributed by atoms with Gasteiger partial charge in [0, 0.05) is 18.2 Å². The standard InChI is InChI=1S/C25H30N4O5/c1-6-33-23(30)20-15-21(29(28-20)19-11-12-22(32-5)27-16-19)18-9-7-17(8-10-18)13-14-26-24(31)34-25(2,3)4/h7-12,15-16H,6,13-14H2,1-5H3,(H,26,31). The monoisotopic (exact) mass is 466 g/mol. The van der Waals surface area contributed by atoms with Crippen molar-refractivity contribution in [3.05, 3.63) is 59.9 Å². The van der Waals surface area contributed by atoms with Crippen LogP contribution in [-0.4, -0.2) is 52.7 Å². The van der Waals surface area contributed by atoms with Crippen molar-refractivity contribution in [2.45, 2.75) is 39.7 Å². The Morgan fingerprint density at radius 3 is 2.41 bits per heavy atom. The number of ether oxygens (including phenoxy) is 3. The lowest BCUT2D eigenvalue weighted by Gasteiger charge is -2.19. The quantitative estimate of drug-likeness (QED) is 0.497. The lowest BCUT2D eigenvalue weighted by atomic mass is 10.1. The molecule has 2 aromatic heterocycles. The maximum atomic E-state index is 12.3. The summed E-state index contributed by atoms with van der Waals surface area (Å²) in [6, 6.07) is 13.1. The number of carbonyl (C=O) groups is 2. The molecule has 0 bridgehead atoms. The van der Waals surface area contributed by atoms with Gasteiger partial charge in [0.05, 0.1) is 31.3 Å². The van der Waals surface area contributed by atoms with Gasteiger partial charge in [-0.05, 0) is 51.8 Å². The number of esters is 1. The lowest BCUT2D eigenvalue weighted by Crippen LogP contribution is -2.33. The molecule has 9 heteroatoms. The first-order chi connectivity index (χ1) is 16.2. The van der Waals surface area contributed by atoms with Crippen molar-refractivity contribution in [1.29, 1.82) is 0 Å². The smallest absolute Gasteiger partial charge is 0.407 e. The van der Waals surface area contributed by atoms with Gasteiger partial charge in [-0.1, -0.05) is 24.3 Å². The van der Waals surface area contributed by atoms with Crippen LogP contribution in [0.4, 0.5) is 4.79 Å².